The van der Waals surface area contributed by atoms with Crippen LogP contribution >= 0.6 is 0 Å². The topological polar surface area (TPSA) is 55.8 Å². The molecule has 27 heavy (non-hydrogen) atoms. The summed E-state index contributed by atoms with van der Waals surface area (Å²) >= 11 is 0. The average molecular weight is 376 g/mol. The zero-order valence-electron chi connectivity index (χ0n) is 17.1. The zero-order valence-corrected chi connectivity index (χ0v) is 17.1. The maximum absolute atomic E-state index is 12.6. The van der Waals surface area contributed by atoms with E-state index in [-0.39, 0.29) is 18.3 Å². The van der Waals surface area contributed by atoms with Gasteiger partial charge in [0.1, 0.15) is 5.75 Å². The molecule has 5 nitrogen and oxygen atoms in total. The maximum atomic E-state index is 12.6. The Morgan fingerprint density at radius 1 is 1.11 bits per heavy atom. The van der Waals surface area contributed by atoms with Crippen LogP contribution in [0.1, 0.15) is 52.5 Å². The van der Waals surface area contributed by atoms with Gasteiger partial charge in [-0.2, -0.15) is 0 Å². The molecule has 1 amide bonds. The number of hydrogen-bond donors (Lipinski definition) is 0. The molecule has 0 aliphatic rings. The molecule has 0 saturated carbocycles. The van der Waals surface area contributed by atoms with Gasteiger partial charge in [-0.15, -0.1) is 0 Å². The summed E-state index contributed by atoms with van der Waals surface area (Å²) in [6.07, 6.45) is 5.43. The number of rotatable bonds is 12. The van der Waals surface area contributed by atoms with Crippen LogP contribution in [0.4, 0.5) is 0 Å². The van der Waals surface area contributed by atoms with Gasteiger partial charge in [-0.1, -0.05) is 32.9 Å². The Labute approximate surface area is 163 Å². The molecule has 1 rings (SSSR count). The molecule has 0 saturated heterocycles. The highest BCUT2D eigenvalue weighted by atomic mass is 16.5. The van der Waals surface area contributed by atoms with Crippen LogP contribution in [-0.2, 0) is 14.3 Å². The fraction of sp³-hybridized carbons (Fsp3) is 0.545. The molecule has 0 bridgehead atoms. The minimum Gasteiger partial charge on any atom is -0.494 e. The summed E-state index contributed by atoms with van der Waals surface area (Å²) in [4.78, 5) is 25.9. The lowest BCUT2D eigenvalue weighted by Gasteiger charge is -2.22. The second-order valence-corrected chi connectivity index (χ2v) is 6.81. The number of esters is 1. The molecule has 150 valence electrons. The Balaban J connectivity index is 2.66. The summed E-state index contributed by atoms with van der Waals surface area (Å²) in [7, 11) is 0. The van der Waals surface area contributed by atoms with Crippen LogP contribution in [0, 0.1) is 5.92 Å². The van der Waals surface area contributed by atoms with E-state index in [9.17, 15) is 9.59 Å². The van der Waals surface area contributed by atoms with Crippen molar-refractivity contribution in [3.8, 4) is 5.75 Å². The summed E-state index contributed by atoms with van der Waals surface area (Å²) < 4.78 is 10.5. The number of benzene rings is 1. The third kappa shape index (κ3) is 9.83. The monoisotopic (exact) mass is 375 g/mol. The van der Waals surface area contributed by atoms with Crippen LogP contribution in [0.25, 0.3) is 6.08 Å². The van der Waals surface area contributed by atoms with Crippen LogP contribution in [0.3, 0.4) is 0 Å². The Bertz CT molecular complexity index is 593. The Morgan fingerprint density at radius 2 is 1.81 bits per heavy atom. The van der Waals surface area contributed by atoms with Crippen molar-refractivity contribution in [3.63, 3.8) is 0 Å². The first kappa shape index (κ1) is 22.7. The second kappa shape index (κ2) is 13.0. The van der Waals surface area contributed by atoms with Crippen molar-refractivity contribution in [3.05, 3.63) is 35.9 Å². The van der Waals surface area contributed by atoms with Gasteiger partial charge in [-0.25, -0.2) is 0 Å². The minimum absolute atomic E-state index is 0.0914. The Kier molecular flexibility index (Phi) is 10.9. The van der Waals surface area contributed by atoms with Crippen molar-refractivity contribution in [2.75, 3.05) is 26.3 Å². The molecule has 0 unspecified atom stereocenters. The molecule has 0 aliphatic carbocycles. The van der Waals surface area contributed by atoms with Gasteiger partial charge in [0.2, 0.25) is 5.91 Å². The molecular formula is C22H33NO4. The van der Waals surface area contributed by atoms with E-state index in [2.05, 4.69) is 20.8 Å². The number of ether oxygens (including phenoxy) is 2. The normalized spacial score (nSPS) is 11.0. The summed E-state index contributed by atoms with van der Waals surface area (Å²) in [5, 5.41) is 0. The molecule has 1 aromatic rings. The van der Waals surface area contributed by atoms with Crippen LogP contribution in [-0.4, -0.2) is 43.1 Å². The third-order valence-electron chi connectivity index (χ3n) is 3.95. The molecule has 0 heterocycles. The molecule has 5 heteroatoms. The lowest BCUT2D eigenvalue weighted by atomic mass is 10.1. The van der Waals surface area contributed by atoms with E-state index >= 15 is 0 Å². The van der Waals surface area contributed by atoms with Crippen LogP contribution < -0.4 is 4.74 Å². The van der Waals surface area contributed by atoms with Gasteiger partial charge in [0, 0.05) is 19.2 Å². The van der Waals surface area contributed by atoms with Crippen molar-refractivity contribution < 1.29 is 19.1 Å². The summed E-state index contributed by atoms with van der Waals surface area (Å²) in [5.74, 6) is 0.952. The predicted molar refractivity (Wildman–Crippen MR) is 109 cm³/mol. The molecular weight excluding hydrogens is 342 g/mol. The molecule has 0 aromatic heterocycles. The number of nitrogens with zero attached hydrogens (tertiary/aromatic N) is 1. The molecule has 0 radical (unpaired) electrons. The molecule has 0 fully saturated rings. The zero-order chi connectivity index (χ0) is 20.1. The molecule has 0 atom stereocenters. The molecule has 1 aromatic carbocycles. The van der Waals surface area contributed by atoms with E-state index in [1.807, 2.05) is 24.3 Å². The van der Waals surface area contributed by atoms with Crippen molar-refractivity contribution in [2.24, 2.45) is 5.92 Å². The third-order valence-corrected chi connectivity index (χ3v) is 3.95. The van der Waals surface area contributed by atoms with Gasteiger partial charge < -0.3 is 14.4 Å². The van der Waals surface area contributed by atoms with E-state index in [0.29, 0.717) is 32.2 Å². The Morgan fingerprint density at radius 3 is 2.41 bits per heavy atom. The highest BCUT2D eigenvalue weighted by Crippen LogP contribution is 2.14. The van der Waals surface area contributed by atoms with Crippen LogP contribution in [0.15, 0.2) is 30.3 Å². The largest absolute Gasteiger partial charge is 0.494 e. The van der Waals surface area contributed by atoms with Gasteiger partial charge in [-0.3, -0.25) is 9.59 Å². The predicted octanol–water partition coefficient (Wildman–Crippen LogP) is 4.32. The van der Waals surface area contributed by atoms with Crippen molar-refractivity contribution in [1.29, 1.82) is 0 Å². The second-order valence-electron chi connectivity index (χ2n) is 6.81. The van der Waals surface area contributed by atoms with E-state index in [1.165, 1.54) is 0 Å². The van der Waals surface area contributed by atoms with E-state index in [1.54, 1.807) is 24.0 Å². The summed E-state index contributed by atoms with van der Waals surface area (Å²) in [6.45, 7) is 10.1. The first-order valence-corrected chi connectivity index (χ1v) is 9.81. The van der Waals surface area contributed by atoms with Crippen molar-refractivity contribution in [2.45, 2.75) is 47.0 Å². The highest BCUT2D eigenvalue weighted by molar-refractivity contribution is 5.92. The summed E-state index contributed by atoms with van der Waals surface area (Å²) in [5.41, 5.74) is 0.932. The number of carbonyl (C=O) groups excluding carboxylic acids is 2. The van der Waals surface area contributed by atoms with Gasteiger partial charge in [-0.05, 0) is 49.5 Å². The van der Waals surface area contributed by atoms with E-state index < -0.39 is 0 Å². The SMILES string of the molecule is CCCOc1ccc(/C=C/C(=O)N(CCC(=O)OCC)CCC(C)C)cc1. The van der Waals surface area contributed by atoms with E-state index in [4.69, 9.17) is 9.47 Å². The van der Waals surface area contributed by atoms with E-state index in [0.717, 1.165) is 24.2 Å². The fourth-order valence-electron chi connectivity index (χ4n) is 2.37. The first-order valence-electron chi connectivity index (χ1n) is 9.81. The van der Waals surface area contributed by atoms with Crippen LogP contribution in [0.2, 0.25) is 0 Å². The maximum Gasteiger partial charge on any atom is 0.307 e. The first-order chi connectivity index (χ1) is 13.0. The highest BCUT2D eigenvalue weighted by Gasteiger charge is 2.13. The van der Waals surface area contributed by atoms with Gasteiger partial charge in [0.15, 0.2) is 0 Å². The quantitative estimate of drug-likeness (QED) is 0.403. The van der Waals surface area contributed by atoms with Crippen LogP contribution in [0.5, 0.6) is 5.75 Å². The number of hydrogen-bond acceptors (Lipinski definition) is 4. The van der Waals surface area contributed by atoms with Gasteiger partial charge >= 0.3 is 5.97 Å². The Hall–Kier alpha value is -2.30. The molecule has 0 N–H and O–H groups in total. The lowest BCUT2D eigenvalue weighted by molar-refractivity contribution is -0.143. The summed E-state index contributed by atoms with van der Waals surface area (Å²) in [6, 6.07) is 7.64. The molecule has 0 spiro atoms. The standard InChI is InChI=1S/C22H33NO4/c1-5-17-27-20-10-7-19(8-11-20)9-12-21(24)23(15-13-18(3)4)16-14-22(25)26-6-2/h7-12,18H,5-6,13-17H2,1-4H3/b12-9+. The minimum atomic E-state index is -0.272. The van der Waals surface area contributed by atoms with Crippen molar-refractivity contribution >= 4 is 18.0 Å². The lowest BCUT2D eigenvalue weighted by Crippen LogP contribution is -2.33. The fourth-order valence-corrected chi connectivity index (χ4v) is 2.37. The molecule has 0 aliphatic heterocycles. The average Bonchev–Trinajstić information content (AvgIpc) is 2.65. The van der Waals surface area contributed by atoms with Crippen molar-refractivity contribution in [1.82, 2.24) is 4.90 Å². The number of amides is 1. The van der Waals surface area contributed by atoms with Gasteiger partial charge in [0.05, 0.1) is 19.6 Å². The number of carbonyl (C=O) groups is 2. The smallest absolute Gasteiger partial charge is 0.307 e. The van der Waals surface area contributed by atoms with Gasteiger partial charge in [0.25, 0.3) is 0 Å².